The highest BCUT2D eigenvalue weighted by atomic mass is 15.1. The Morgan fingerprint density at radius 1 is 1.10 bits per heavy atom. The maximum Gasteiger partial charge on any atom is 0.0450 e. The Bertz CT molecular complexity index is 522. The number of benzene rings is 1. The Kier molecular flexibility index (Phi) is 4.88. The highest BCUT2D eigenvalue weighted by Crippen LogP contribution is 2.19. The van der Waals surface area contributed by atoms with Gasteiger partial charge in [0, 0.05) is 31.0 Å². The van der Waals surface area contributed by atoms with Gasteiger partial charge in [0.15, 0.2) is 0 Å². The summed E-state index contributed by atoms with van der Waals surface area (Å²) in [5.74, 6) is 0. The molecule has 2 rings (SSSR count). The fourth-order valence-electron chi connectivity index (χ4n) is 2.26. The molecule has 1 heterocycles. The number of hydrogen-bond acceptors (Lipinski definition) is 3. The summed E-state index contributed by atoms with van der Waals surface area (Å²) in [6.45, 7) is 5.14. The van der Waals surface area contributed by atoms with Gasteiger partial charge < -0.3 is 5.73 Å². The summed E-state index contributed by atoms with van der Waals surface area (Å²) >= 11 is 0. The smallest absolute Gasteiger partial charge is 0.0450 e. The van der Waals surface area contributed by atoms with Gasteiger partial charge in [-0.15, -0.1) is 0 Å². The first kappa shape index (κ1) is 14.7. The summed E-state index contributed by atoms with van der Waals surface area (Å²) in [4.78, 5) is 6.32. The van der Waals surface area contributed by atoms with Crippen molar-refractivity contribution >= 4 is 0 Å². The van der Waals surface area contributed by atoms with Crippen molar-refractivity contribution in [3.63, 3.8) is 0 Å². The van der Waals surface area contributed by atoms with Crippen LogP contribution in [-0.2, 0) is 6.54 Å². The van der Waals surface area contributed by atoms with Crippen LogP contribution in [0.4, 0.5) is 0 Å². The molecule has 2 N–H and O–H groups in total. The molecule has 106 valence electrons. The van der Waals surface area contributed by atoms with Crippen LogP contribution in [-0.4, -0.2) is 23.0 Å². The third-order valence-corrected chi connectivity index (χ3v) is 3.86. The molecule has 2 aromatic rings. The van der Waals surface area contributed by atoms with Crippen molar-refractivity contribution in [3.8, 4) is 0 Å². The van der Waals surface area contributed by atoms with Crippen molar-refractivity contribution in [1.82, 2.24) is 9.88 Å². The van der Waals surface area contributed by atoms with Gasteiger partial charge in [-0.2, -0.15) is 0 Å². The molecule has 1 aromatic carbocycles. The maximum atomic E-state index is 6.39. The summed E-state index contributed by atoms with van der Waals surface area (Å²) in [5, 5.41) is 0. The van der Waals surface area contributed by atoms with E-state index in [9.17, 15) is 0 Å². The SMILES string of the molecule is Cc1ccc(C(N)C(C)N(C)Cc2ccncc2)cc1. The zero-order valence-electron chi connectivity index (χ0n) is 12.5. The first-order valence-electron chi connectivity index (χ1n) is 6.99. The monoisotopic (exact) mass is 269 g/mol. The molecule has 3 heteroatoms. The molecule has 0 saturated carbocycles. The van der Waals surface area contributed by atoms with Gasteiger partial charge in [0.2, 0.25) is 0 Å². The summed E-state index contributed by atoms with van der Waals surface area (Å²) in [6.07, 6.45) is 3.65. The van der Waals surface area contributed by atoms with Gasteiger partial charge >= 0.3 is 0 Å². The second-order valence-electron chi connectivity index (χ2n) is 5.45. The van der Waals surface area contributed by atoms with E-state index < -0.39 is 0 Å². The number of rotatable bonds is 5. The van der Waals surface area contributed by atoms with Gasteiger partial charge in [-0.05, 0) is 44.2 Å². The lowest BCUT2D eigenvalue weighted by molar-refractivity contribution is 0.219. The molecule has 20 heavy (non-hydrogen) atoms. The van der Waals surface area contributed by atoms with E-state index in [0.29, 0.717) is 0 Å². The van der Waals surface area contributed by atoms with Gasteiger partial charge in [0.25, 0.3) is 0 Å². The van der Waals surface area contributed by atoms with E-state index in [1.807, 2.05) is 24.5 Å². The highest BCUT2D eigenvalue weighted by Gasteiger charge is 2.19. The lowest BCUT2D eigenvalue weighted by Crippen LogP contribution is -2.37. The number of aryl methyl sites for hydroxylation is 1. The van der Waals surface area contributed by atoms with Crippen LogP contribution < -0.4 is 5.73 Å². The van der Waals surface area contributed by atoms with E-state index in [2.05, 4.69) is 55.0 Å². The summed E-state index contributed by atoms with van der Waals surface area (Å²) < 4.78 is 0. The number of pyridine rings is 1. The molecule has 0 amide bonds. The first-order valence-corrected chi connectivity index (χ1v) is 6.99. The van der Waals surface area contributed by atoms with Crippen LogP contribution in [0.2, 0.25) is 0 Å². The Morgan fingerprint density at radius 2 is 1.70 bits per heavy atom. The molecule has 0 bridgehead atoms. The minimum atomic E-state index is 0.0161. The lowest BCUT2D eigenvalue weighted by atomic mass is 9.99. The summed E-state index contributed by atoms with van der Waals surface area (Å²) in [7, 11) is 2.11. The minimum absolute atomic E-state index is 0.0161. The zero-order valence-corrected chi connectivity index (χ0v) is 12.5. The van der Waals surface area contributed by atoms with Crippen molar-refractivity contribution in [1.29, 1.82) is 0 Å². The van der Waals surface area contributed by atoms with E-state index >= 15 is 0 Å². The topological polar surface area (TPSA) is 42.1 Å². The van der Waals surface area contributed by atoms with Crippen molar-refractivity contribution in [2.75, 3.05) is 7.05 Å². The van der Waals surface area contributed by atoms with E-state index in [1.54, 1.807) is 0 Å². The molecule has 1 aromatic heterocycles. The standard InChI is InChI=1S/C17H23N3/c1-13-4-6-16(7-5-13)17(18)14(2)20(3)12-15-8-10-19-11-9-15/h4-11,14,17H,12,18H2,1-3H3. The lowest BCUT2D eigenvalue weighted by Gasteiger charge is -2.30. The number of aromatic nitrogens is 1. The number of hydrogen-bond donors (Lipinski definition) is 1. The van der Waals surface area contributed by atoms with Gasteiger partial charge in [0.1, 0.15) is 0 Å². The van der Waals surface area contributed by atoms with Crippen LogP contribution in [0.1, 0.15) is 29.7 Å². The van der Waals surface area contributed by atoms with Crippen molar-refractivity contribution < 1.29 is 0 Å². The van der Waals surface area contributed by atoms with Crippen LogP contribution in [0.15, 0.2) is 48.8 Å². The second-order valence-corrected chi connectivity index (χ2v) is 5.45. The van der Waals surface area contributed by atoms with Gasteiger partial charge in [0.05, 0.1) is 0 Å². The van der Waals surface area contributed by atoms with E-state index in [0.717, 1.165) is 6.54 Å². The average molecular weight is 269 g/mol. The van der Waals surface area contributed by atoms with Gasteiger partial charge in [-0.1, -0.05) is 29.8 Å². The normalized spacial score (nSPS) is 14.2. The van der Waals surface area contributed by atoms with Crippen LogP contribution in [0, 0.1) is 6.92 Å². The zero-order chi connectivity index (χ0) is 14.5. The fraction of sp³-hybridized carbons (Fsp3) is 0.353. The highest BCUT2D eigenvalue weighted by molar-refractivity contribution is 5.25. The third kappa shape index (κ3) is 3.65. The largest absolute Gasteiger partial charge is 0.323 e. The maximum absolute atomic E-state index is 6.39. The van der Waals surface area contributed by atoms with Gasteiger partial charge in [-0.3, -0.25) is 9.88 Å². The van der Waals surface area contributed by atoms with E-state index in [1.165, 1.54) is 16.7 Å². The third-order valence-electron chi connectivity index (χ3n) is 3.86. The molecule has 0 radical (unpaired) electrons. The van der Waals surface area contributed by atoms with E-state index in [4.69, 9.17) is 5.73 Å². The molecule has 0 aliphatic carbocycles. The number of nitrogens with two attached hydrogens (primary N) is 1. The Balaban J connectivity index is 2.02. The number of nitrogens with zero attached hydrogens (tertiary/aromatic N) is 2. The Labute approximate surface area is 121 Å². The molecule has 0 aliphatic heterocycles. The van der Waals surface area contributed by atoms with Crippen LogP contribution in [0.3, 0.4) is 0 Å². The first-order chi connectivity index (χ1) is 9.58. The van der Waals surface area contributed by atoms with Gasteiger partial charge in [-0.25, -0.2) is 0 Å². The fourth-order valence-corrected chi connectivity index (χ4v) is 2.26. The quantitative estimate of drug-likeness (QED) is 0.907. The molecule has 3 nitrogen and oxygen atoms in total. The van der Waals surface area contributed by atoms with Crippen LogP contribution >= 0.6 is 0 Å². The van der Waals surface area contributed by atoms with Crippen molar-refractivity contribution in [3.05, 3.63) is 65.5 Å². The van der Waals surface area contributed by atoms with Crippen LogP contribution in [0.25, 0.3) is 0 Å². The molecule has 2 unspecified atom stereocenters. The Hall–Kier alpha value is -1.71. The molecular formula is C17H23N3. The molecule has 0 saturated heterocycles. The molecular weight excluding hydrogens is 246 g/mol. The minimum Gasteiger partial charge on any atom is -0.323 e. The van der Waals surface area contributed by atoms with Crippen molar-refractivity contribution in [2.45, 2.75) is 32.5 Å². The summed E-state index contributed by atoms with van der Waals surface area (Å²) in [6, 6.07) is 12.8. The number of likely N-dealkylation sites (N-methyl/N-ethyl adjacent to an activating group) is 1. The van der Waals surface area contributed by atoms with Crippen LogP contribution in [0.5, 0.6) is 0 Å². The molecule has 0 fully saturated rings. The molecule has 0 spiro atoms. The van der Waals surface area contributed by atoms with Crippen molar-refractivity contribution in [2.24, 2.45) is 5.73 Å². The molecule has 2 atom stereocenters. The second kappa shape index (κ2) is 6.64. The average Bonchev–Trinajstić information content (AvgIpc) is 2.47. The predicted molar refractivity (Wildman–Crippen MR) is 83.3 cm³/mol. The predicted octanol–water partition coefficient (Wildman–Crippen LogP) is 2.91. The molecule has 0 aliphatic rings. The van der Waals surface area contributed by atoms with E-state index in [-0.39, 0.29) is 12.1 Å². The Morgan fingerprint density at radius 3 is 2.30 bits per heavy atom. The summed E-state index contributed by atoms with van der Waals surface area (Å²) in [5.41, 5.74) is 10.1.